The van der Waals surface area contributed by atoms with E-state index in [-0.39, 0.29) is 8.47 Å². The van der Waals surface area contributed by atoms with Gasteiger partial charge in [0, 0.05) is 4.90 Å². The molecule has 0 radical (unpaired) electrons. The largest absolute Gasteiger partial charge is 0.416 e. The molecule has 0 nitrogen and oxygen atoms in total. The summed E-state index contributed by atoms with van der Waals surface area (Å²) in [6.07, 6.45) is -2.88. The zero-order chi connectivity index (χ0) is 10.9. The normalized spacial score (nSPS) is 11.9. The highest BCUT2D eigenvalue weighted by molar-refractivity contribution is 14.1. The van der Waals surface area contributed by atoms with Crippen molar-refractivity contribution < 1.29 is 17.6 Å². The molecule has 0 saturated carbocycles. The summed E-state index contributed by atoms with van der Waals surface area (Å²) in [5.41, 5.74) is -0.812. The molecule has 0 fully saturated rings. The van der Waals surface area contributed by atoms with E-state index in [4.69, 9.17) is 0 Å². The molecule has 0 spiro atoms. The Morgan fingerprint density at radius 3 is 2.29 bits per heavy atom. The Morgan fingerprint density at radius 1 is 1.29 bits per heavy atom. The van der Waals surface area contributed by atoms with Gasteiger partial charge >= 0.3 is 6.18 Å². The fourth-order valence-electron chi connectivity index (χ4n) is 0.876. The number of hydrogen-bond acceptors (Lipinski definition) is 1. The quantitative estimate of drug-likeness (QED) is 0.421. The lowest BCUT2D eigenvalue weighted by Gasteiger charge is -2.09. The Morgan fingerprint density at radius 2 is 1.86 bits per heavy atom. The molecule has 0 N–H and O–H groups in total. The van der Waals surface area contributed by atoms with E-state index < -0.39 is 17.6 Å². The van der Waals surface area contributed by atoms with E-state index in [0.29, 0.717) is 0 Å². The molecule has 1 aromatic rings. The molecule has 0 unspecified atom stereocenters. The molecule has 0 aliphatic heterocycles. The average Bonchev–Trinajstić information content (AvgIpc) is 2.07. The van der Waals surface area contributed by atoms with Gasteiger partial charge in [-0.3, -0.25) is 0 Å². The molecule has 1 rings (SSSR count). The molecular weight excluding hydrogens is 331 g/mol. The maximum atomic E-state index is 13.2. The Kier molecular flexibility index (Phi) is 3.68. The van der Waals surface area contributed by atoms with Crippen LogP contribution in [0.3, 0.4) is 0 Å². The van der Waals surface area contributed by atoms with Gasteiger partial charge in [-0.1, -0.05) is 0 Å². The maximum absolute atomic E-state index is 13.2. The average molecular weight is 336 g/mol. The fraction of sp³-hybridized carbons (Fsp3) is 0.250. The zero-order valence-electron chi connectivity index (χ0n) is 6.95. The van der Waals surface area contributed by atoms with Crippen molar-refractivity contribution in [3.8, 4) is 0 Å². The van der Waals surface area contributed by atoms with Gasteiger partial charge in [-0.15, -0.1) is 11.8 Å². The van der Waals surface area contributed by atoms with E-state index in [1.165, 1.54) is 6.26 Å². The van der Waals surface area contributed by atoms with Crippen LogP contribution in [-0.4, -0.2) is 6.26 Å². The van der Waals surface area contributed by atoms with Gasteiger partial charge in [-0.2, -0.15) is 13.2 Å². The number of thioether (sulfide) groups is 1. The molecule has 0 heterocycles. The minimum absolute atomic E-state index is 0.0122. The van der Waals surface area contributed by atoms with Crippen molar-refractivity contribution in [1.82, 2.24) is 0 Å². The summed E-state index contributed by atoms with van der Waals surface area (Å²) in [6, 6.07) is 1.62. The lowest BCUT2D eigenvalue weighted by Crippen LogP contribution is -2.06. The number of rotatable bonds is 1. The third-order valence-electron chi connectivity index (χ3n) is 1.54. The third-order valence-corrected chi connectivity index (χ3v) is 3.06. The lowest BCUT2D eigenvalue weighted by molar-refractivity contribution is -0.137. The molecule has 14 heavy (non-hydrogen) atoms. The summed E-state index contributed by atoms with van der Waals surface area (Å²) in [6.45, 7) is 0. The van der Waals surface area contributed by atoms with Crippen molar-refractivity contribution >= 4 is 34.4 Å². The van der Waals surface area contributed by atoms with Gasteiger partial charge in [0.15, 0.2) is 0 Å². The smallest absolute Gasteiger partial charge is 0.205 e. The molecular formula is C8H5F4IS. The molecule has 0 saturated heterocycles. The minimum atomic E-state index is -4.42. The van der Waals surface area contributed by atoms with Crippen LogP contribution in [0.15, 0.2) is 17.0 Å². The summed E-state index contributed by atoms with van der Waals surface area (Å²) < 4.78 is 50.0. The Balaban J connectivity index is 3.30. The predicted molar refractivity (Wildman–Crippen MR) is 55.9 cm³/mol. The Bertz CT molecular complexity index is 348. The van der Waals surface area contributed by atoms with Crippen LogP contribution in [0.1, 0.15) is 5.56 Å². The molecule has 1 aromatic carbocycles. The van der Waals surface area contributed by atoms with Gasteiger partial charge in [-0.05, 0) is 41.0 Å². The van der Waals surface area contributed by atoms with E-state index in [0.717, 1.165) is 23.9 Å². The molecule has 78 valence electrons. The molecule has 0 aliphatic carbocycles. The molecule has 0 amide bonds. The van der Waals surface area contributed by atoms with Crippen LogP contribution in [0.5, 0.6) is 0 Å². The van der Waals surface area contributed by atoms with Crippen molar-refractivity contribution in [3.05, 3.63) is 27.1 Å². The SMILES string of the molecule is CSc1cc(C(F)(F)F)cc(I)c1F. The minimum Gasteiger partial charge on any atom is -0.205 e. The highest BCUT2D eigenvalue weighted by Crippen LogP contribution is 2.34. The summed E-state index contributed by atoms with van der Waals surface area (Å²) in [5.74, 6) is -0.592. The van der Waals surface area contributed by atoms with Crippen LogP contribution >= 0.6 is 34.4 Å². The van der Waals surface area contributed by atoms with Crippen molar-refractivity contribution in [2.24, 2.45) is 0 Å². The second-order valence-corrected chi connectivity index (χ2v) is 4.48. The number of alkyl halides is 3. The number of halogens is 5. The monoisotopic (exact) mass is 336 g/mol. The first-order chi connectivity index (χ1) is 6.36. The predicted octanol–water partition coefficient (Wildman–Crippen LogP) is 4.17. The van der Waals surface area contributed by atoms with Crippen LogP contribution in [0, 0.1) is 9.39 Å². The summed E-state index contributed by atoms with van der Waals surface area (Å²) in [4.78, 5) is 0.0178. The Hall–Kier alpha value is 0.0200. The van der Waals surface area contributed by atoms with Crippen LogP contribution < -0.4 is 0 Å². The van der Waals surface area contributed by atoms with E-state index in [1.807, 2.05) is 0 Å². The highest BCUT2D eigenvalue weighted by atomic mass is 127. The molecule has 0 aliphatic rings. The first-order valence-corrected chi connectivity index (χ1v) is 5.77. The summed E-state index contributed by atoms with van der Waals surface area (Å²) >= 11 is 2.51. The highest BCUT2D eigenvalue weighted by Gasteiger charge is 2.32. The first kappa shape index (κ1) is 12.1. The fourth-order valence-corrected chi connectivity index (χ4v) is 2.22. The second-order valence-electron chi connectivity index (χ2n) is 2.47. The zero-order valence-corrected chi connectivity index (χ0v) is 9.93. The standard InChI is InChI=1S/C8H5F4IS/c1-14-6-3-4(8(10,11)12)2-5(13)7(6)9/h2-3H,1H3. The summed E-state index contributed by atoms with van der Waals surface area (Å²) in [5, 5.41) is 0. The van der Waals surface area contributed by atoms with Gasteiger partial charge in [0.25, 0.3) is 0 Å². The van der Waals surface area contributed by atoms with Gasteiger partial charge in [0.1, 0.15) is 5.82 Å². The molecule has 0 bridgehead atoms. The molecule has 6 heteroatoms. The van der Waals surface area contributed by atoms with Crippen molar-refractivity contribution in [1.29, 1.82) is 0 Å². The van der Waals surface area contributed by atoms with E-state index in [9.17, 15) is 17.6 Å². The van der Waals surface area contributed by atoms with Crippen LogP contribution in [-0.2, 0) is 6.18 Å². The number of hydrogen-bond donors (Lipinski definition) is 0. The van der Waals surface area contributed by atoms with Crippen molar-refractivity contribution in [2.45, 2.75) is 11.1 Å². The second kappa shape index (κ2) is 4.26. The van der Waals surface area contributed by atoms with Gasteiger partial charge in [0.2, 0.25) is 0 Å². The van der Waals surface area contributed by atoms with Crippen molar-refractivity contribution in [3.63, 3.8) is 0 Å². The van der Waals surface area contributed by atoms with Gasteiger partial charge < -0.3 is 0 Å². The van der Waals surface area contributed by atoms with Crippen molar-refractivity contribution in [2.75, 3.05) is 6.26 Å². The number of benzene rings is 1. The van der Waals surface area contributed by atoms with Gasteiger partial charge in [0.05, 0.1) is 9.13 Å². The van der Waals surface area contributed by atoms with E-state index in [2.05, 4.69) is 0 Å². The van der Waals surface area contributed by atoms with Gasteiger partial charge in [-0.25, -0.2) is 4.39 Å². The topological polar surface area (TPSA) is 0 Å². The Labute approximate surface area is 96.2 Å². The van der Waals surface area contributed by atoms with E-state index >= 15 is 0 Å². The van der Waals surface area contributed by atoms with E-state index in [1.54, 1.807) is 22.6 Å². The van der Waals surface area contributed by atoms with Crippen LogP contribution in [0.25, 0.3) is 0 Å². The van der Waals surface area contributed by atoms with Crippen LogP contribution in [0.4, 0.5) is 17.6 Å². The lowest BCUT2D eigenvalue weighted by atomic mass is 10.2. The first-order valence-electron chi connectivity index (χ1n) is 3.46. The summed E-state index contributed by atoms with van der Waals surface area (Å²) in [7, 11) is 0. The molecule has 0 aromatic heterocycles. The van der Waals surface area contributed by atoms with Crippen LogP contribution in [0.2, 0.25) is 0 Å². The third kappa shape index (κ3) is 2.53. The molecule has 0 atom stereocenters. The maximum Gasteiger partial charge on any atom is 0.416 e.